The van der Waals surface area contributed by atoms with Crippen LogP contribution in [-0.4, -0.2) is 24.4 Å². The molecule has 2 nitrogen and oxygen atoms in total. The molecule has 0 atom stereocenters. The first-order valence-corrected chi connectivity index (χ1v) is 0.894. The van der Waals surface area contributed by atoms with Crippen molar-refractivity contribution in [2.45, 2.75) is 0 Å². The molecule has 6 heavy (non-hydrogen) atoms. The summed E-state index contributed by atoms with van der Waals surface area (Å²) in [5.41, 5.74) is 0. The Kier molecular flexibility index (Phi) is 416. The van der Waals surface area contributed by atoms with Gasteiger partial charge in [0.15, 0.2) is 0 Å². The Morgan fingerprint density at radius 2 is 0.667 bits per heavy atom. The molecule has 50 valence electrons. The minimum atomic E-state index is 0. The molecule has 4 heteroatoms. The first-order valence-electron chi connectivity index (χ1n) is 0.894. The average Bonchev–Trinajstić information content (AvgIpc) is 1.50. The molecule has 0 spiro atoms. The summed E-state index contributed by atoms with van der Waals surface area (Å²) in [5, 5.41) is 14.0. The second-order valence-corrected chi connectivity index (χ2v) is 0. The summed E-state index contributed by atoms with van der Waals surface area (Å²) < 4.78 is 0. The van der Waals surface area contributed by atoms with E-state index in [0.29, 0.717) is 0 Å². The molecule has 0 bridgehead atoms. The molecule has 0 heterocycles. The summed E-state index contributed by atoms with van der Waals surface area (Å²) in [5.74, 6) is 0. The summed E-state index contributed by atoms with van der Waals surface area (Å²) in [6, 6.07) is 0. The molecule has 0 aromatic carbocycles. The van der Waals surface area contributed by atoms with E-state index in [1.165, 1.54) is 0 Å². The molecule has 0 aliphatic carbocycles. The van der Waals surface area contributed by atoms with Crippen LogP contribution in [0.15, 0.2) is 0 Å². The Morgan fingerprint density at radius 1 is 0.667 bits per heavy atom. The van der Waals surface area contributed by atoms with E-state index in [0.717, 1.165) is 14.2 Å². The molecule has 0 aromatic heterocycles. The van der Waals surface area contributed by atoms with Crippen molar-refractivity contribution < 1.29 is 55.0 Å². The molecule has 2 N–H and O–H groups in total. The monoisotopic (exact) mass is 278 g/mol. The second kappa shape index (κ2) is 95.2. The smallest absolute Gasteiger partial charge is 0.0319 e. The maximum absolute atomic E-state index is 7.00. The van der Waals surface area contributed by atoms with E-state index in [-0.39, 0.29) is 44.8 Å². The van der Waals surface area contributed by atoms with Gasteiger partial charge in [-0.2, -0.15) is 0 Å². The van der Waals surface area contributed by atoms with Crippen LogP contribution in [0.25, 0.3) is 0 Å². The number of hydrogen-bond donors (Lipinski definition) is 2. The minimum absolute atomic E-state index is 0. The van der Waals surface area contributed by atoms with Crippen molar-refractivity contribution in [2.24, 2.45) is 0 Å². The summed E-state index contributed by atoms with van der Waals surface area (Å²) in [6.07, 6.45) is 0. The second-order valence-electron chi connectivity index (χ2n) is 0. The van der Waals surface area contributed by atoms with Gasteiger partial charge in [-0.1, -0.05) is 0 Å². The standard InChI is InChI=1S/2CH4O.2Ag/c2*1-2;;/h2*2H,1H3;;. The maximum atomic E-state index is 7.00. The average molecular weight is 280 g/mol. The van der Waals surface area contributed by atoms with E-state index in [2.05, 4.69) is 0 Å². The van der Waals surface area contributed by atoms with Crippen molar-refractivity contribution in [2.75, 3.05) is 14.2 Å². The van der Waals surface area contributed by atoms with E-state index in [9.17, 15) is 0 Å². The fourth-order valence-corrected chi connectivity index (χ4v) is 0. The number of rotatable bonds is 0. The van der Waals surface area contributed by atoms with Gasteiger partial charge in [-0.15, -0.1) is 0 Å². The molecule has 0 fully saturated rings. The number of aliphatic hydroxyl groups is 2. The molecule has 2 radical (unpaired) electrons. The van der Waals surface area contributed by atoms with Crippen LogP contribution in [0.2, 0.25) is 0 Å². The minimum Gasteiger partial charge on any atom is -0.400 e. The van der Waals surface area contributed by atoms with Crippen LogP contribution in [0.3, 0.4) is 0 Å². The third kappa shape index (κ3) is 53.3. The predicted molar refractivity (Wildman–Crippen MR) is 16.3 cm³/mol. The normalized spacial score (nSPS) is 2.00. The molecule has 0 unspecified atom stereocenters. The molecule has 0 amide bonds. The molecular formula is C2H8Ag2O2. The largest absolute Gasteiger partial charge is 0.400 e. The van der Waals surface area contributed by atoms with Crippen LogP contribution in [0.5, 0.6) is 0 Å². The van der Waals surface area contributed by atoms with Gasteiger partial charge in [0.05, 0.1) is 0 Å². The van der Waals surface area contributed by atoms with Crippen LogP contribution in [-0.2, 0) is 44.8 Å². The van der Waals surface area contributed by atoms with Crippen molar-refractivity contribution in [1.82, 2.24) is 0 Å². The van der Waals surface area contributed by atoms with E-state index in [4.69, 9.17) is 10.2 Å². The van der Waals surface area contributed by atoms with Gasteiger partial charge in [-0.05, 0) is 0 Å². The van der Waals surface area contributed by atoms with Gasteiger partial charge >= 0.3 is 0 Å². The van der Waals surface area contributed by atoms with E-state index in [1.807, 2.05) is 0 Å². The van der Waals surface area contributed by atoms with E-state index < -0.39 is 0 Å². The Morgan fingerprint density at radius 3 is 0.667 bits per heavy atom. The Labute approximate surface area is 69.0 Å². The molecule has 0 aromatic rings. The SMILES string of the molecule is CO.CO.[Ag].[Ag]. The van der Waals surface area contributed by atoms with Crippen molar-refractivity contribution in [3.63, 3.8) is 0 Å². The van der Waals surface area contributed by atoms with Crippen LogP contribution in [0, 0.1) is 0 Å². The number of aliphatic hydroxyl groups excluding tert-OH is 2. The van der Waals surface area contributed by atoms with E-state index in [1.54, 1.807) is 0 Å². The van der Waals surface area contributed by atoms with Gasteiger partial charge in [0.2, 0.25) is 0 Å². The predicted octanol–water partition coefficient (Wildman–Crippen LogP) is -0.788. The van der Waals surface area contributed by atoms with Crippen molar-refractivity contribution in [3.8, 4) is 0 Å². The quantitative estimate of drug-likeness (QED) is 0.571. The number of hydrogen-bond acceptors (Lipinski definition) is 2. The first-order chi connectivity index (χ1) is 2.00. The molecule has 0 aliphatic heterocycles. The van der Waals surface area contributed by atoms with Crippen LogP contribution in [0.4, 0.5) is 0 Å². The maximum Gasteiger partial charge on any atom is 0.0319 e. The van der Waals surface area contributed by atoms with Crippen molar-refractivity contribution in [3.05, 3.63) is 0 Å². The zero-order valence-electron chi connectivity index (χ0n) is 3.50. The van der Waals surface area contributed by atoms with Crippen LogP contribution in [0.1, 0.15) is 0 Å². The molecule has 0 saturated heterocycles. The van der Waals surface area contributed by atoms with Gasteiger partial charge < -0.3 is 10.2 Å². The Balaban J connectivity index is -0.00000000500. The Bertz CT molecular complexity index is 9.51. The fraction of sp³-hybridized carbons (Fsp3) is 1.00. The van der Waals surface area contributed by atoms with Gasteiger partial charge in [0.25, 0.3) is 0 Å². The molecule has 0 saturated carbocycles. The fourth-order valence-electron chi connectivity index (χ4n) is 0. The summed E-state index contributed by atoms with van der Waals surface area (Å²) in [4.78, 5) is 0. The molecular weight excluding hydrogens is 272 g/mol. The summed E-state index contributed by atoms with van der Waals surface area (Å²) in [7, 11) is 2.00. The van der Waals surface area contributed by atoms with Crippen molar-refractivity contribution in [1.29, 1.82) is 0 Å². The summed E-state index contributed by atoms with van der Waals surface area (Å²) in [6.45, 7) is 0. The zero-order valence-corrected chi connectivity index (χ0v) is 6.46. The van der Waals surface area contributed by atoms with Gasteiger partial charge in [0.1, 0.15) is 0 Å². The van der Waals surface area contributed by atoms with Gasteiger partial charge in [-0.3, -0.25) is 0 Å². The first kappa shape index (κ1) is 26.2. The molecule has 0 rings (SSSR count). The van der Waals surface area contributed by atoms with E-state index >= 15 is 0 Å². The van der Waals surface area contributed by atoms with Gasteiger partial charge in [-0.25, -0.2) is 0 Å². The van der Waals surface area contributed by atoms with Crippen molar-refractivity contribution >= 4 is 0 Å². The topological polar surface area (TPSA) is 40.5 Å². The Hall–Kier alpha value is 1.40. The third-order valence-electron chi connectivity index (χ3n) is 0. The van der Waals surface area contributed by atoms with Crippen LogP contribution < -0.4 is 0 Å². The third-order valence-corrected chi connectivity index (χ3v) is 0. The molecule has 0 aliphatic rings. The van der Waals surface area contributed by atoms with Gasteiger partial charge in [0, 0.05) is 59.0 Å². The zero-order chi connectivity index (χ0) is 4.00. The summed E-state index contributed by atoms with van der Waals surface area (Å²) >= 11 is 0. The van der Waals surface area contributed by atoms with Crippen LogP contribution >= 0.6 is 0 Å².